The molecule has 17 heavy (non-hydrogen) atoms. The Labute approximate surface area is 98.0 Å². The third-order valence-electron chi connectivity index (χ3n) is 2.08. The number of ether oxygens (including phenoxy) is 1. The Morgan fingerprint density at radius 3 is 2.94 bits per heavy atom. The maximum atomic E-state index is 11.4. The number of anilines is 1. The molecule has 6 heteroatoms. The van der Waals surface area contributed by atoms with Gasteiger partial charge in [0.1, 0.15) is 0 Å². The van der Waals surface area contributed by atoms with E-state index in [1.54, 1.807) is 31.3 Å². The summed E-state index contributed by atoms with van der Waals surface area (Å²) in [7, 11) is 0. The Morgan fingerprint density at radius 1 is 1.47 bits per heavy atom. The summed E-state index contributed by atoms with van der Waals surface area (Å²) in [6.45, 7) is 2.07. The third-order valence-corrected chi connectivity index (χ3v) is 2.08. The van der Waals surface area contributed by atoms with E-state index in [1.165, 1.54) is 10.9 Å². The molecule has 0 aliphatic rings. The predicted octanol–water partition coefficient (Wildman–Crippen LogP) is 1.03. The van der Waals surface area contributed by atoms with Crippen LogP contribution < -0.4 is 5.73 Å². The molecular weight excluding hydrogens is 220 g/mol. The minimum absolute atomic E-state index is 0.255. The molecule has 0 amide bonds. The van der Waals surface area contributed by atoms with Crippen molar-refractivity contribution in [3.8, 4) is 5.82 Å². The van der Waals surface area contributed by atoms with Crippen molar-refractivity contribution in [1.82, 2.24) is 14.8 Å². The van der Waals surface area contributed by atoms with Crippen molar-refractivity contribution in [3.63, 3.8) is 0 Å². The van der Waals surface area contributed by atoms with Gasteiger partial charge in [0.25, 0.3) is 0 Å². The molecule has 0 radical (unpaired) electrons. The van der Waals surface area contributed by atoms with Gasteiger partial charge in [-0.3, -0.25) is 0 Å². The SMILES string of the molecule is CCOC(=O)c1ccn(-c2ccc(N)cn2)n1. The van der Waals surface area contributed by atoms with E-state index in [0.717, 1.165) is 0 Å². The van der Waals surface area contributed by atoms with E-state index < -0.39 is 5.97 Å². The second kappa shape index (κ2) is 4.65. The largest absolute Gasteiger partial charge is 0.461 e. The Hall–Kier alpha value is -2.37. The third kappa shape index (κ3) is 2.41. The molecule has 0 aliphatic heterocycles. The second-order valence-corrected chi connectivity index (χ2v) is 3.32. The molecule has 0 saturated heterocycles. The minimum atomic E-state index is -0.443. The molecule has 2 aromatic rings. The van der Waals surface area contributed by atoms with Crippen LogP contribution in [0.5, 0.6) is 0 Å². The van der Waals surface area contributed by atoms with Crippen LogP contribution in [-0.4, -0.2) is 27.3 Å². The molecule has 0 saturated carbocycles. The lowest BCUT2D eigenvalue weighted by Gasteiger charge is -2.00. The number of nitrogens with zero attached hydrogens (tertiary/aromatic N) is 3. The van der Waals surface area contributed by atoms with Crippen LogP contribution in [0.4, 0.5) is 5.69 Å². The lowest BCUT2D eigenvalue weighted by molar-refractivity contribution is 0.0519. The fourth-order valence-corrected chi connectivity index (χ4v) is 1.30. The summed E-state index contributed by atoms with van der Waals surface area (Å²) in [6, 6.07) is 5.02. The summed E-state index contributed by atoms with van der Waals surface area (Å²) >= 11 is 0. The van der Waals surface area contributed by atoms with Gasteiger partial charge in [-0.25, -0.2) is 14.5 Å². The first kappa shape index (κ1) is 11.1. The minimum Gasteiger partial charge on any atom is -0.461 e. The molecule has 2 N–H and O–H groups in total. The van der Waals surface area contributed by atoms with Gasteiger partial charge in [-0.2, -0.15) is 5.10 Å². The fourth-order valence-electron chi connectivity index (χ4n) is 1.30. The summed E-state index contributed by atoms with van der Waals surface area (Å²) in [6.07, 6.45) is 3.17. The number of aromatic nitrogens is 3. The summed E-state index contributed by atoms with van der Waals surface area (Å²) in [5, 5.41) is 4.07. The van der Waals surface area contributed by atoms with Crippen LogP contribution >= 0.6 is 0 Å². The zero-order valence-corrected chi connectivity index (χ0v) is 9.33. The molecule has 2 heterocycles. The molecule has 0 bridgehead atoms. The average molecular weight is 232 g/mol. The maximum Gasteiger partial charge on any atom is 0.358 e. The summed E-state index contributed by atoms with van der Waals surface area (Å²) < 4.78 is 6.33. The summed E-state index contributed by atoms with van der Waals surface area (Å²) in [5.41, 5.74) is 6.36. The molecule has 0 aliphatic carbocycles. The van der Waals surface area contributed by atoms with E-state index in [2.05, 4.69) is 10.1 Å². The molecule has 6 nitrogen and oxygen atoms in total. The van der Waals surface area contributed by atoms with E-state index in [4.69, 9.17) is 10.5 Å². The van der Waals surface area contributed by atoms with E-state index >= 15 is 0 Å². The van der Waals surface area contributed by atoms with Gasteiger partial charge in [0.15, 0.2) is 11.5 Å². The highest BCUT2D eigenvalue weighted by Gasteiger charge is 2.10. The van der Waals surface area contributed by atoms with Crippen LogP contribution in [-0.2, 0) is 4.74 Å². The normalized spacial score (nSPS) is 10.2. The van der Waals surface area contributed by atoms with Gasteiger partial charge in [-0.05, 0) is 25.1 Å². The first-order chi connectivity index (χ1) is 8.20. The highest BCUT2D eigenvalue weighted by Crippen LogP contribution is 2.07. The number of hydrogen-bond donors (Lipinski definition) is 1. The van der Waals surface area contributed by atoms with Crippen molar-refractivity contribution in [2.45, 2.75) is 6.92 Å². The molecule has 0 aromatic carbocycles. The highest BCUT2D eigenvalue weighted by atomic mass is 16.5. The molecule has 0 spiro atoms. The van der Waals surface area contributed by atoms with E-state index in [-0.39, 0.29) is 5.69 Å². The lowest BCUT2D eigenvalue weighted by atomic mass is 10.4. The Morgan fingerprint density at radius 2 is 2.29 bits per heavy atom. The molecular formula is C11H12N4O2. The first-order valence-corrected chi connectivity index (χ1v) is 5.15. The van der Waals surface area contributed by atoms with Crippen LogP contribution in [0, 0.1) is 0 Å². The van der Waals surface area contributed by atoms with Crippen LogP contribution in [0.1, 0.15) is 17.4 Å². The number of hydrogen-bond acceptors (Lipinski definition) is 5. The van der Waals surface area contributed by atoms with Crippen LogP contribution in [0.15, 0.2) is 30.6 Å². The lowest BCUT2D eigenvalue weighted by Crippen LogP contribution is -2.07. The number of nitrogens with two attached hydrogens (primary N) is 1. The van der Waals surface area contributed by atoms with Crippen molar-refractivity contribution in [1.29, 1.82) is 0 Å². The van der Waals surface area contributed by atoms with Gasteiger partial charge < -0.3 is 10.5 Å². The van der Waals surface area contributed by atoms with Crippen molar-refractivity contribution < 1.29 is 9.53 Å². The van der Waals surface area contributed by atoms with Gasteiger partial charge in [0, 0.05) is 6.20 Å². The Bertz CT molecular complexity index is 519. The smallest absolute Gasteiger partial charge is 0.358 e. The molecule has 0 fully saturated rings. The number of carbonyl (C=O) groups is 1. The number of pyridine rings is 1. The van der Waals surface area contributed by atoms with Crippen LogP contribution in [0.3, 0.4) is 0 Å². The van der Waals surface area contributed by atoms with Crippen molar-refractivity contribution >= 4 is 11.7 Å². The standard InChI is InChI=1S/C11H12N4O2/c1-2-17-11(16)9-5-6-15(14-9)10-4-3-8(12)7-13-10/h3-7H,2,12H2,1H3. The zero-order valence-electron chi connectivity index (χ0n) is 9.33. The van der Waals surface area contributed by atoms with Gasteiger partial charge in [-0.15, -0.1) is 0 Å². The second-order valence-electron chi connectivity index (χ2n) is 3.32. The molecule has 2 rings (SSSR count). The fraction of sp³-hybridized carbons (Fsp3) is 0.182. The Balaban J connectivity index is 2.23. The van der Waals surface area contributed by atoms with Crippen LogP contribution in [0.2, 0.25) is 0 Å². The van der Waals surface area contributed by atoms with Gasteiger partial charge in [0.2, 0.25) is 0 Å². The van der Waals surface area contributed by atoms with Gasteiger partial charge >= 0.3 is 5.97 Å². The monoisotopic (exact) mass is 232 g/mol. The van der Waals surface area contributed by atoms with Gasteiger partial charge in [-0.1, -0.05) is 0 Å². The van der Waals surface area contributed by atoms with Crippen LogP contribution in [0.25, 0.3) is 5.82 Å². The van der Waals surface area contributed by atoms with E-state index in [0.29, 0.717) is 18.1 Å². The van der Waals surface area contributed by atoms with E-state index in [1.807, 2.05) is 0 Å². The summed E-state index contributed by atoms with van der Waals surface area (Å²) in [5.74, 6) is 0.149. The maximum absolute atomic E-state index is 11.4. The van der Waals surface area contributed by atoms with Crippen molar-refractivity contribution in [3.05, 3.63) is 36.3 Å². The Kier molecular flexibility index (Phi) is 3.04. The van der Waals surface area contributed by atoms with Crippen molar-refractivity contribution in [2.75, 3.05) is 12.3 Å². The van der Waals surface area contributed by atoms with E-state index in [9.17, 15) is 4.79 Å². The predicted molar refractivity (Wildman–Crippen MR) is 61.7 cm³/mol. The first-order valence-electron chi connectivity index (χ1n) is 5.15. The number of esters is 1. The number of nitrogen functional groups attached to an aromatic ring is 1. The number of carbonyl (C=O) groups excluding carboxylic acids is 1. The molecule has 0 atom stereocenters. The highest BCUT2D eigenvalue weighted by molar-refractivity contribution is 5.87. The average Bonchev–Trinajstić information content (AvgIpc) is 2.80. The molecule has 0 unspecified atom stereocenters. The molecule has 2 aromatic heterocycles. The van der Waals surface area contributed by atoms with Crippen molar-refractivity contribution in [2.24, 2.45) is 0 Å². The quantitative estimate of drug-likeness (QED) is 0.799. The van der Waals surface area contributed by atoms with Gasteiger partial charge in [0.05, 0.1) is 18.5 Å². The summed E-state index contributed by atoms with van der Waals surface area (Å²) in [4.78, 5) is 15.5. The number of rotatable bonds is 3. The topological polar surface area (TPSA) is 83.0 Å². The molecule has 88 valence electrons. The zero-order chi connectivity index (χ0) is 12.3.